The predicted octanol–water partition coefficient (Wildman–Crippen LogP) is 3.32. The Balaban J connectivity index is 2.15. The van der Waals surface area contributed by atoms with Crippen LogP contribution in [0.1, 0.15) is 24.9 Å². The van der Waals surface area contributed by atoms with Gasteiger partial charge in [0.1, 0.15) is 5.75 Å². The van der Waals surface area contributed by atoms with Gasteiger partial charge in [-0.3, -0.25) is 9.59 Å². The maximum atomic E-state index is 13.7. The van der Waals surface area contributed by atoms with E-state index in [1.54, 1.807) is 24.3 Å². The number of rotatable bonds is 6. The lowest BCUT2D eigenvalue weighted by atomic mass is 10.0. The van der Waals surface area contributed by atoms with Crippen LogP contribution >= 0.6 is 0 Å². The molecule has 0 saturated heterocycles. The van der Waals surface area contributed by atoms with Gasteiger partial charge in [0, 0.05) is 6.92 Å². The third kappa shape index (κ3) is 4.75. The van der Waals surface area contributed by atoms with Crippen LogP contribution in [-0.2, 0) is 9.59 Å². The van der Waals surface area contributed by atoms with E-state index < -0.39 is 35.1 Å². The molecule has 0 aliphatic carbocycles. The Morgan fingerprint density at radius 3 is 2.27 bits per heavy atom. The third-order valence-corrected chi connectivity index (χ3v) is 3.59. The summed E-state index contributed by atoms with van der Waals surface area (Å²) in [5.41, 5.74) is 0.145. The van der Waals surface area contributed by atoms with Gasteiger partial charge in [-0.25, -0.2) is 13.2 Å². The first-order chi connectivity index (χ1) is 12.3. The Bertz CT molecular complexity index is 810. The lowest BCUT2D eigenvalue weighted by Gasteiger charge is -2.18. The van der Waals surface area contributed by atoms with Gasteiger partial charge in [-0.2, -0.15) is 0 Å². The summed E-state index contributed by atoms with van der Waals surface area (Å²) >= 11 is 0. The summed E-state index contributed by atoms with van der Waals surface area (Å²) in [6.07, 6.45) is -0.232. The van der Waals surface area contributed by atoms with Gasteiger partial charge in [-0.15, -0.1) is 0 Å². The SMILES string of the molecule is COc1ccc([C@@H](CC(=O)Nc2ccc(F)c(F)c2F)NC(C)=O)cc1. The molecule has 0 bridgehead atoms. The molecule has 0 radical (unpaired) electrons. The van der Waals surface area contributed by atoms with Crippen molar-refractivity contribution in [2.75, 3.05) is 12.4 Å². The fraction of sp³-hybridized carbons (Fsp3) is 0.222. The van der Waals surface area contributed by atoms with Crippen molar-refractivity contribution in [3.8, 4) is 5.75 Å². The highest BCUT2D eigenvalue weighted by molar-refractivity contribution is 5.91. The number of methoxy groups -OCH3 is 1. The zero-order valence-corrected chi connectivity index (χ0v) is 14.1. The van der Waals surface area contributed by atoms with Crippen LogP contribution in [0.15, 0.2) is 36.4 Å². The van der Waals surface area contributed by atoms with Gasteiger partial charge in [0.05, 0.1) is 25.3 Å². The van der Waals surface area contributed by atoms with Gasteiger partial charge in [-0.1, -0.05) is 12.1 Å². The first kappa shape index (κ1) is 19.3. The fourth-order valence-electron chi connectivity index (χ4n) is 2.34. The average molecular weight is 366 g/mol. The number of hydrogen-bond donors (Lipinski definition) is 2. The minimum absolute atomic E-state index is 0.232. The summed E-state index contributed by atoms with van der Waals surface area (Å²) in [7, 11) is 1.50. The van der Waals surface area contributed by atoms with Crippen LogP contribution in [0, 0.1) is 17.5 Å². The van der Waals surface area contributed by atoms with Crippen molar-refractivity contribution in [2.45, 2.75) is 19.4 Å². The molecule has 0 spiro atoms. The molecule has 0 aliphatic rings. The van der Waals surface area contributed by atoms with Gasteiger partial charge in [-0.05, 0) is 29.8 Å². The Kier molecular flexibility index (Phi) is 6.21. The molecule has 0 heterocycles. The molecule has 0 fully saturated rings. The Morgan fingerprint density at radius 1 is 1.04 bits per heavy atom. The summed E-state index contributed by atoms with van der Waals surface area (Å²) in [6.45, 7) is 1.30. The highest BCUT2D eigenvalue weighted by atomic mass is 19.2. The molecule has 2 aromatic carbocycles. The summed E-state index contributed by atoms with van der Waals surface area (Å²) in [5, 5.41) is 4.79. The molecule has 5 nitrogen and oxygen atoms in total. The van der Waals surface area contributed by atoms with Gasteiger partial charge in [0.15, 0.2) is 17.5 Å². The number of amides is 2. The van der Waals surface area contributed by atoms with Crippen LogP contribution in [0.2, 0.25) is 0 Å². The maximum absolute atomic E-state index is 13.7. The second-order valence-electron chi connectivity index (χ2n) is 5.50. The van der Waals surface area contributed by atoms with Crippen molar-refractivity contribution in [3.63, 3.8) is 0 Å². The number of halogens is 3. The second kappa shape index (κ2) is 8.37. The van der Waals surface area contributed by atoms with Crippen LogP contribution in [0.4, 0.5) is 18.9 Å². The first-order valence-electron chi connectivity index (χ1n) is 7.66. The van der Waals surface area contributed by atoms with Crippen molar-refractivity contribution in [1.82, 2.24) is 5.32 Å². The van der Waals surface area contributed by atoms with Crippen molar-refractivity contribution >= 4 is 17.5 Å². The molecular formula is C18H17F3N2O3. The van der Waals surface area contributed by atoms with E-state index in [0.29, 0.717) is 17.4 Å². The van der Waals surface area contributed by atoms with Gasteiger partial charge in [0.25, 0.3) is 0 Å². The van der Waals surface area contributed by atoms with Crippen molar-refractivity contribution in [1.29, 1.82) is 0 Å². The summed E-state index contributed by atoms with van der Waals surface area (Å²) in [6, 6.07) is 7.62. The van der Waals surface area contributed by atoms with E-state index >= 15 is 0 Å². The van der Waals surface area contributed by atoms with E-state index in [-0.39, 0.29) is 12.3 Å². The first-order valence-corrected chi connectivity index (χ1v) is 7.66. The molecule has 0 aliphatic heterocycles. The predicted molar refractivity (Wildman–Crippen MR) is 89.1 cm³/mol. The molecule has 1 atom stereocenters. The quantitative estimate of drug-likeness (QED) is 0.771. The Labute approximate surface area is 148 Å². The number of benzene rings is 2. The van der Waals surface area contributed by atoms with E-state index in [1.807, 2.05) is 0 Å². The highest BCUT2D eigenvalue weighted by Crippen LogP contribution is 2.23. The largest absolute Gasteiger partial charge is 0.497 e. The van der Waals surface area contributed by atoms with Crippen LogP contribution in [-0.4, -0.2) is 18.9 Å². The Hall–Kier alpha value is -3.03. The van der Waals surface area contributed by atoms with E-state index in [4.69, 9.17) is 4.74 Å². The second-order valence-corrected chi connectivity index (χ2v) is 5.50. The average Bonchev–Trinajstić information content (AvgIpc) is 2.61. The molecule has 2 N–H and O–H groups in total. The zero-order valence-electron chi connectivity index (χ0n) is 14.1. The van der Waals surface area contributed by atoms with Crippen LogP contribution in [0.5, 0.6) is 5.75 Å². The topological polar surface area (TPSA) is 67.4 Å². The van der Waals surface area contributed by atoms with Gasteiger partial charge < -0.3 is 15.4 Å². The molecule has 0 saturated carbocycles. The minimum atomic E-state index is -1.67. The molecule has 8 heteroatoms. The number of carbonyl (C=O) groups excluding carboxylic acids is 2. The summed E-state index contributed by atoms with van der Waals surface area (Å²) < 4.78 is 44.9. The molecule has 138 valence electrons. The van der Waals surface area contributed by atoms with E-state index in [0.717, 1.165) is 6.07 Å². The molecule has 2 amide bonds. The van der Waals surface area contributed by atoms with E-state index in [1.165, 1.54) is 14.0 Å². The third-order valence-electron chi connectivity index (χ3n) is 3.59. The summed E-state index contributed by atoms with van der Waals surface area (Å²) in [4.78, 5) is 23.6. The smallest absolute Gasteiger partial charge is 0.226 e. The highest BCUT2D eigenvalue weighted by Gasteiger charge is 2.20. The van der Waals surface area contributed by atoms with Crippen LogP contribution < -0.4 is 15.4 Å². The zero-order chi connectivity index (χ0) is 19.3. The lowest BCUT2D eigenvalue weighted by molar-refractivity contribution is -0.120. The minimum Gasteiger partial charge on any atom is -0.497 e. The molecule has 0 aromatic heterocycles. The van der Waals surface area contributed by atoms with Gasteiger partial charge >= 0.3 is 0 Å². The number of nitrogens with one attached hydrogen (secondary N) is 2. The van der Waals surface area contributed by atoms with Crippen molar-refractivity contribution in [3.05, 3.63) is 59.4 Å². The molecule has 2 aromatic rings. The van der Waals surface area contributed by atoms with Crippen LogP contribution in [0.3, 0.4) is 0 Å². The fourth-order valence-corrected chi connectivity index (χ4v) is 2.34. The Morgan fingerprint density at radius 2 is 1.69 bits per heavy atom. The summed E-state index contributed by atoms with van der Waals surface area (Å²) in [5.74, 6) is -4.95. The maximum Gasteiger partial charge on any atom is 0.226 e. The molecular weight excluding hydrogens is 349 g/mol. The standard InChI is InChI=1S/C18H17F3N2O3/c1-10(24)22-15(11-3-5-12(26-2)6-4-11)9-16(25)23-14-8-7-13(19)17(20)18(14)21/h3-8,15H,9H2,1-2H3,(H,22,24)(H,23,25)/t15-/m1/s1. The normalized spacial score (nSPS) is 11.6. The number of carbonyl (C=O) groups is 2. The van der Waals surface area contributed by atoms with Gasteiger partial charge in [0.2, 0.25) is 11.8 Å². The number of ether oxygens (including phenoxy) is 1. The molecule has 2 rings (SSSR count). The van der Waals surface area contributed by atoms with Crippen LogP contribution in [0.25, 0.3) is 0 Å². The molecule has 26 heavy (non-hydrogen) atoms. The van der Waals surface area contributed by atoms with Crippen molar-refractivity contribution in [2.24, 2.45) is 0 Å². The van der Waals surface area contributed by atoms with E-state index in [2.05, 4.69) is 10.6 Å². The number of hydrogen-bond acceptors (Lipinski definition) is 3. The molecule has 0 unspecified atom stereocenters. The van der Waals surface area contributed by atoms with E-state index in [9.17, 15) is 22.8 Å². The lowest BCUT2D eigenvalue weighted by Crippen LogP contribution is -2.30. The van der Waals surface area contributed by atoms with Crippen molar-refractivity contribution < 1.29 is 27.5 Å². The monoisotopic (exact) mass is 366 g/mol. The number of anilines is 1.